The number of ether oxygens (including phenoxy) is 1. The van der Waals surface area contributed by atoms with Gasteiger partial charge in [0.25, 0.3) is 10.0 Å². The highest BCUT2D eigenvalue weighted by Crippen LogP contribution is 2.16. The van der Waals surface area contributed by atoms with Crippen LogP contribution in [0.25, 0.3) is 0 Å². The Kier molecular flexibility index (Phi) is 4.34. The minimum Gasteiger partial charge on any atom is -0.494 e. The van der Waals surface area contributed by atoms with Crippen molar-refractivity contribution in [3.8, 4) is 5.75 Å². The number of hydrogen-bond acceptors (Lipinski definition) is 3. The maximum absolute atomic E-state index is 11.8. The van der Waals surface area contributed by atoms with Gasteiger partial charge in [-0.15, -0.1) is 0 Å². The normalized spacial score (nSPS) is 10.6. The molecule has 0 amide bonds. The average Bonchev–Trinajstić information content (AvgIpc) is 2.29. The molecular weight excluding hydrogens is 238 g/mol. The molecule has 1 N–H and O–H groups in total. The van der Waals surface area contributed by atoms with Gasteiger partial charge in [-0.1, -0.05) is 13.2 Å². The van der Waals surface area contributed by atoms with Gasteiger partial charge in [0.15, 0.2) is 0 Å². The summed E-state index contributed by atoms with van der Waals surface area (Å²) in [5.41, 5.74) is 0.235. The van der Waals surface area contributed by atoms with Crippen LogP contribution in [0, 0.1) is 0 Å². The summed E-state index contributed by atoms with van der Waals surface area (Å²) in [7, 11) is -3.58. The topological polar surface area (TPSA) is 55.4 Å². The minimum atomic E-state index is -3.58. The molecule has 0 saturated carbocycles. The van der Waals surface area contributed by atoms with Crippen molar-refractivity contribution in [3.63, 3.8) is 0 Å². The molecule has 1 aromatic rings. The highest BCUT2D eigenvalue weighted by atomic mass is 32.2. The fourth-order valence-electron chi connectivity index (χ4n) is 1.15. The van der Waals surface area contributed by atoms with E-state index >= 15 is 0 Å². The molecule has 1 rings (SSSR count). The molecule has 5 heteroatoms. The van der Waals surface area contributed by atoms with Gasteiger partial charge in [-0.05, 0) is 37.3 Å². The van der Waals surface area contributed by atoms with E-state index in [4.69, 9.17) is 4.74 Å². The van der Waals surface area contributed by atoms with Crippen LogP contribution in [0.4, 0.5) is 0 Å². The molecule has 0 aromatic heterocycles. The van der Waals surface area contributed by atoms with E-state index in [-0.39, 0.29) is 10.6 Å². The van der Waals surface area contributed by atoms with Crippen LogP contribution >= 0.6 is 0 Å². The fraction of sp³-hybridized carbons (Fsp3) is 0.167. The fourth-order valence-corrected chi connectivity index (χ4v) is 2.20. The number of rotatable bonds is 6. The van der Waals surface area contributed by atoms with Crippen LogP contribution in [0.3, 0.4) is 0 Å². The maximum Gasteiger partial charge on any atom is 0.261 e. The molecule has 0 radical (unpaired) electrons. The van der Waals surface area contributed by atoms with E-state index < -0.39 is 10.0 Å². The second kappa shape index (κ2) is 5.54. The smallest absolute Gasteiger partial charge is 0.261 e. The second-order valence-corrected chi connectivity index (χ2v) is 4.92. The van der Waals surface area contributed by atoms with E-state index in [2.05, 4.69) is 17.9 Å². The zero-order valence-corrected chi connectivity index (χ0v) is 10.5. The van der Waals surface area contributed by atoms with Crippen LogP contribution < -0.4 is 9.46 Å². The van der Waals surface area contributed by atoms with Gasteiger partial charge >= 0.3 is 0 Å². The lowest BCUT2D eigenvalue weighted by atomic mass is 10.3. The highest BCUT2D eigenvalue weighted by Gasteiger charge is 2.13. The summed E-state index contributed by atoms with van der Waals surface area (Å²) in [5, 5.41) is 0. The Morgan fingerprint density at radius 2 is 2.00 bits per heavy atom. The number of sulfonamides is 1. The Balaban J connectivity index is 2.92. The van der Waals surface area contributed by atoms with E-state index in [9.17, 15) is 8.42 Å². The number of allylic oxidation sites excluding steroid dienone is 1. The molecule has 0 saturated heterocycles. The molecule has 0 aliphatic rings. The first kappa shape index (κ1) is 13.3. The minimum absolute atomic E-state index is 0.156. The van der Waals surface area contributed by atoms with Crippen molar-refractivity contribution < 1.29 is 13.2 Å². The largest absolute Gasteiger partial charge is 0.494 e. The van der Waals surface area contributed by atoms with Crippen molar-refractivity contribution >= 4 is 10.0 Å². The van der Waals surface area contributed by atoms with E-state index in [1.165, 1.54) is 18.2 Å². The monoisotopic (exact) mass is 253 g/mol. The van der Waals surface area contributed by atoms with Crippen LogP contribution in [0.15, 0.2) is 54.1 Å². The van der Waals surface area contributed by atoms with Crippen molar-refractivity contribution in [2.45, 2.75) is 11.8 Å². The molecule has 0 atom stereocenters. The molecule has 0 bridgehead atoms. The van der Waals surface area contributed by atoms with Gasteiger partial charge in [-0.2, -0.15) is 0 Å². The zero-order valence-electron chi connectivity index (χ0n) is 9.64. The second-order valence-electron chi connectivity index (χ2n) is 3.24. The lowest BCUT2D eigenvalue weighted by Gasteiger charge is -2.08. The first-order valence-electron chi connectivity index (χ1n) is 5.06. The number of benzene rings is 1. The molecule has 0 aliphatic heterocycles. The van der Waals surface area contributed by atoms with Gasteiger partial charge in [0.05, 0.1) is 11.5 Å². The van der Waals surface area contributed by atoms with Crippen LogP contribution in [0.1, 0.15) is 6.92 Å². The lowest BCUT2D eigenvalue weighted by molar-refractivity contribution is 0.340. The quantitative estimate of drug-likeness (QED) is 0.789. The molecule has 17 heavy (non-hydrogen) atoms. The van der Waals surface area contributed by atoms with Crippen molar-refractivity contribution in [2.75, 3.05) is 6.61 Å². The van der Waals surface area contributed by atoms with Crippen LogP contribution in [0.2, 0.25) is 0 Å². The molecule has 4 nitrogen and oxygen atoms in total. The molecule has 92 valence electrons. The third-order valence-electron chi connectivity index (χ3n) is 1.96. The van der Waals surface area contributed by atoms with Crippen molar-refractivity contribution in [2.24, 2.45) is 0 Å². The third kappa shape index (κ3) is 3.64. The molecule has 0 fully saturated rings. The Labute approximate surface area is 102 Å². The number of hydrogen-bond donors (Lipinski definition) is 1. The summed E-state index contributed by atoms with van der Waals surface area (Å²) in [6, 6.07) is 6.16. The average molecular weight is 253 g/mol. The summed E-state index contributed by atoms with van der Waals surface area (Å²) >= 11 is 0. The van der Waals surface area contributed by atoms with E-state index in [0.29, 0.717) is 12.4 Å². The highest BCUT2D eigenvalue weighted by molar-refractivity contribution is 7.89. The van der Waals surface area contributed by atoms with Crippen molar-refractivity contribution in [1.29, 1.82) is 0 Å². The SMILES string of the molecule is C=CC(=C)NS(=O)(=O)c1ccc(OCC)cc1. The third-order valence-corrected chi connectivity index (χ3v) is 3.38. The summed E-state index contributed by atoms with van der Waals surface area (Å²) in [4.78, 5) is 0.156. The predicted molar refractivity (Wildman–Crippen MR) is 67.3 cm³/mol. The van der Waals surface area contributed by atoms with Crippen LogP contribution in [-0.4, -0.2) is 15.0 Å². The maximum atomic E-state index is 11.8. The van der Waals surface area contributed by atoms with Crippen LogP contribution in [-0.2, 0) is 10.0 Å². The van der Waals surface area contributed by atoms with E-state index in [1.807, 2.05) is 6.92 Å². The Morgan fingerprint density at radius 3 is 2.47 bits per heavy atom. The first-order valence-corrected chi connectivity index (χ1v) is 6.55. The molecule has 0 spiro atoms. The number of nitrogens with one attached hydrogen (secondary N) is 1. The van der Waals surface area contributed by atoms with E-state index in [0.717, 1.165) is 0 Å². The van der Waals surface area contributed by atoms with Gasteiger partial charge in [0.2, 0.25) is 0 Å². The van der Waals surface area contributed by atoms with E-state index in [1.54, 1.807) is 12.1 Å². The standard InChI is InChI=1S/C12H15NO3S/c1-4-10(3)13-17(14,15)12-8-6-11(7-9-12)16-5-2/h4,6-9,13H,1,3,5H2,2H3. The molecule has 1 aromatic carbocycles. The molecule has 0 unspecified atom stereocenters. The summed E-state index contributed by atoms with van der Waals surface area (Å²) in [5.74, 6) is 0.633. The van der Waals surface area contributed by atoms with Gasteiger partial charge in [0, 0.05) is 5.70 Å². The molecule has 0 heterocycles. The van der Waals surface area contributed by atoms with Crippen LogP contribution in [0.5, 0.6) is 5.75 Å². The Morgan fingerprint density at radius 1 is 1.41 bits per heavy atom. The van der Waals surface area contributed by atoms with Crippen molar-refractivity contribution in [1.82, 2.24) is 4.72 Å². The Hall–Kier alpha value is -1.75. The van der Waals surface area contributed by atoms with Gasteiger partial charge in [-0.3, -0.25) is 4.72 Å². The summed E-state index contributed by atoms with van der Waals surface area (Å²) in [6.45, 7) is 9.33. The molecule has 0 aliphatic carbocycles. The zero-order chi connectivity index (χ0) is 12.9. The Bertz CT molecular complexity index is 503. The summed E-state index contributed by atoms with van der Waals surface area (Å²) in [6.07, 6.45) is 1.34. The van der Waals surface area contributed by atoms with Crippen molar-refractivity contribution in [3.05, 3.63) is 49.2 Å². The predicted octanol–water partition coefficient (Wildman–Crippen LogP) is 2.06. The van der Waals surface area contributed by atoms with Gasteiger partial charge in [-0.25, -0.2) is 8.42 Å². The molecular formula is C12H15NO3S. The van der Waals surface area contributed by atoms with Gasteiger partial charge in [0.1, 0.15) is 5.75 Å². The lowest BCUT2D eigenvalue weighted by Crippen LogP contribution is -2.21. The first-order chi connectivity index (χ1) is 7.99. The summed E-state index contributed by atoms with van der Waals surface area (Å²) < 4.78 is 31.1. The van der Waals surface area contributed by atoms with Gasteiger partial charge < -0.3 is 4.74 Å².